The van der Waals surface area contributed by atoms with Crippen LogP contribution in [-0.4, -0.2) is 0 Å². The van der Waals surface area contributed by atoms with E-state index in [4.69, 9.17) is 5.84 Å². The van der Waals surface area contributed by atoms with Gasteiger partial charge in [-0.25, -0.2) is 5.43 Å². The van der Waals surface area contributed by atoms with E-state index in [1.807, 2.05) is 0 Å². The fraction of sp³-hybridized carbons (Fsp3) is 0.368. The first kappa shape index (κ1) is 15.7. The Labute approximate surface area is 128 Å². The summed E-state index contributed by atoms with van der Waals surface area (Å²) in [6, 6.07) is 15.1. The van der Waals surface area contributed by atoms with Gasteiger partial charge in [0, 0.05) is 0 Å². The smallest absolute Gasteiger partial charge is 0.0712 e. The second-order valence-electron chi connectivity index (χ2n) is 6.76. The van der Waals surface area contributed by atoms with Crippen LogP contribution in [0.15, 0.2) is 42.5 Å². The van der Waals surface area contributed by atoms with Gasteiger partial charge in [0.1, 0.15) is 0 Å². The van der Waals surface area contributed by atoms with E-state index in [2.05, 4.69) is 82.5 Å². The molecule has 1 atom stereocenters. The molecule has 0 heterocycles. The molecule has 0 spiro atoms. The molecule has 2 heteroatoms. The lowest BCUT2D eigenvalue weighted by molar-refractivity contribution is 0.587. The topological polar surface area (TPSA) is 38.0 Å². The van der Waals surface area contributed by atoms with E-state index >= 15 is 0 Å². The minimum absolute atomic E-state index is 0.0268. The molecule has 1 unspecified atom stereocenters. The lowest BCUT2D eigenvalue weighted by atomic mass is 9.85. The summed E-state index contributed by atoms with van der Waals surface area (Å²) in [5.74, 6) is 5.83. The Morgan fingerprint density at radius 3 is 2.10 bits per heavy atom. The Bertz CT molecular complexity index is 606. The second kappa shape index (κ2) is 6.00. The van der Waals surface area contributed by atoms with E-state index in [9.17, 15) is 0 Å². The zero-order chi connectivity index (χ0) is 15.6. The highest BCUT2D eigenvalue weighted by molar-refractivity contribution is 5.41. The minimum atomic E-state index is 0.0268. The molecule has 2 nitrogen and oxygen atoms in total. The molecule has 0 aromatic heterocycles. The maximum absolute atomic E-state index is 5.83. The van der Waals surface area contributed by atoms with Crippen molar-refractivity contribution in [2.45, 2.75) is 46.1 Å². The first-order valence-corrected chi connectivity index (χ1v) is 7.47. The molecule has 0 saturated carbocycles. The molecule has 0 saturated heterocycles. The van der Waals surface area contributed by atoms with Gasteiger partial charge in [-0.3, -0.25) is 5.84 Å². The third-order valence-electron chi connectivity index (χ3n) is 4.23. The molecule has 2 aromatic rings. The number of hydrazine groups is 1. The van der Waals surface area contributed by atoms with Gasteiger partial charge in [0.15, 0.2) is 0 Å². The van der Waals surface area contributed by atoms with Gasteiger partial charge < -0.3 is 0 Å². The number of nitrogens with one attached hydrogen (secondary N) is 1. The van der Waals surface area contributed by atoms with Gasteiger partial charge in [0.25, 0.3) is 0 Å². The first-order valence-electron chi connectivity index (χ1n) is 7.47. The molecule has 0 radical (unpaired) electrons. The molecule has 0 bridgehead atoms. The standard InChI is InChI=1S/C19H26N2/c1-13-7-6-8-17(14(13)2)18(21-20)15-9-11-16(12-10-15)19(3,4)5/h6-12,18,21H,20H2,1-5H3. The van der Waals surface area contributed by atoms with Crippen molar-refractivity contribution in [3.63, 3.8) is 0 Å². The maximum atomic E-state index is 5.83. The number of rotatable bonds is 3. The van der Waals surface area contributed by atoms with Crippen molar-refractivity contribution < 1.29 is 0 Å². The molecule has 0 aliphatic heterocycles. The predicted octanol–water partition coefficient (Wildman–Crippen LogP) is 4.15. The van der Waals surface area contributed by atoms with Crippen LogP contribution in [0.2, 0.25) is 0 Å². The van der Waals surface area contributed by atoms with Gasteiger partial charge in [-0.05, 0) is 47.1 Å². The van der Waals surface area contributed by atoms with Crippen LogP contribution in [0, 0.1) is 13.8 Å². The molecular formula is C19H26N2. The lowest BCUT2D eigenvalue weighted by Crippen LogP contribution is -2.29. The van der Waals surface area contributed by atoms with Gasteiger partial charge in [-0.2, -0.15) is 0 Å². The number of aryl methyl sites for hydroxylation is 1. The molecule has 0 fully saturated rings. The Morgan fingerprint density at radius 1 is 0.952 bits per heavy atom. The van der Waals surface area contributed by atoms with Crippen LogP contribution in [0.4, 0.5) is 0 Å². The van der Waals surface area contributed by atoms with Crippen LogP contribution in [-0.2, 0) is 5.41 Å². The van der Waals surface area contributed by atoms with E-state index in [-0.39, 0.29) is 11.5 Å². The third-order valence-corrected chi connectivity index (χ3v) is 4.23. The first-order chi connectivity index (χ1) is 9.84. The summed E-state index contributed by atoms with van der Waals surface area (Å²) in [4.78, 5) is 0. The van der Waals surface area contributed by atoms with Gasteiger partial charge >= 0.3 is 0 Å². The Hall–Kier alpha value is -1.64. The second-order valence-corrected chi connectivity index (χ2v) is 6.76. The number of hydrogen-bond donors (Lipinski definition) is 2. The number of nitrogens with two attached hydrogens (primary N) is 1. The Kier molecular flexibility index (Phi) is 4.50. The Balaban J connectivity index is 2.40. The molecule has 3 N–H and O–H groups in total. The summed E-state index contributed by atoms with van der Waals surface area (Å²) in [6.07, 6.45) is 0. The average molecular weight is 282 g/mol. The van der Waals surface area contributed by atoms with Crippen LogP contribution < -0.4 is 11.3 Å². The molecule has 112 valence electrons. The number of benzene rings is 2. The van der Waals surface area contributed by atoms with E-state index < -0.39 is 0 Å². The predicted molar refractivity (Wildman–Crippen MR) is 90.2 cm³/mol. The zero-order valence-corrected chi connectivity index (χ0v) is 13.7. The van der Waals surface area contributed by atoms with Gasteiger partial charge in [0.2, 0.25) is 0 Å². The summed E-state index contributed by atoms with van der Waals surface area (Å²) in [5, 5.41) is 0. The van der Waals surface area contributed by atoms with Gasteiger partial charge in [-0.1, -0.05) is 63.2 Å². The van der Waals surface area contributed by atoms with E-state index in [1.54, 1.807) is 0 Å². The summed E-state index contributed by atoms with van der Waals surface area (Å²) in [7, 11) is 0. The summed E-state index contributed by atoms with van der Waals surface area (Å²) >= 11 is 0. The van der Waals surface area contributed by atoms with Crippen LogP contribution in [0.1, 0.15) is 54.6 Å². The average Bonchev–Trinajstić information content (AvgIpc) is 2.44. The van der Waals surface area contributed by atoms with Crippen molar-refractivity contribution in [1.82, 2.24) is 5.43 Å². The zero-order valence-electron chi connectivity index (χ0n) is 13.7. The summed E-state index contributed by atoms with van der Waals surface area (Å²) in [5.41, 5.74) is 9.48. The van der Waals surface area contributed by atoms with Crippen molar-refractivity contribution >= 4 is 0 Å². The lowest BCUT2D eigenvalue weighted by Gasteiger charge is -2.23. The Morgan fingerprint density at radius 2 is 1.57 bits per heavy atom. The fourth-order valence-electron chi connectivity index (χ4n) is 2.63. The molecule has 0 aliphatic carbocycles. The highest BCUT2D eigenvalue weighted by Crippen LogP contribution is 2.28. The number of hydrogen-bond acceptors (Lipinski definition) is 2. The molecule has 21 heavy (non-hydrogen) atoms. The van der Waals surface area contributed by atoms with Crippen molar-refractivity contribution in [3.05, 3.63) is 70.3 Å². The monoisotopic (exact) mass is 282 g/mol. The van der Waals surface area contributed by atoms with E-state index in [1.165, 1.54) is 27.8 Å². The molecule has 0 amide bonds. The van der Waals surface area contributed by atoms with E-state index in [0.717, 1.165) is 0 Å². The quantitative estimate of drug-likeness (QED) is 0.655. The summed E-state index contributed by atoms with van der Waals surface area (Å²) < 4.78 is 0. The third kappa shape index (κ3) is 3.34. The fourth-order valence-corrected chi connectivity index (χ4v) is 2.63. The SMILES string of the molecule is Cc1cccc(C(NN)c2ccc(C(C)(C)C)cc2)c1C. The largest absolute Gasteiger partial charge is 0.271 e. The van der Waals surface area contributed by atoms with E-state index in [0.29, 0.717) is 0 Å². The van der Waals surface area contributed by atoms with Gasteiger partial charge in [-0.15, -0.1) is 0 Å². The van der Waals surface area contributed by atoms with Gasteiger partial charge in [0.05, 0.1) is 6.04 Å². The maximum Gasteiger partial charge on any atom is 0.0712 e. The van der Waals surface area contributed by atoms with Crippen LogP contribution in [0.25, 0.3) is 0 Å². The summed E-state index contributed by atoms with van der Waals surface area (Å²) in [6.45, 7) is 11.0. The van der Waals surface area contributed by atoms with Crippen LogP contribution in [0.3, 0.4) is 0 Å². The highest BCUT2D eigenvalue weighted by Gasteiger charge is 2.17. The molecule has 2 rings (SSSR count). The van der Waals surface area contributed by atoms with Crippen LogP contribution >= 0.6 is 0 Å². The molecule has 2 aromatic carbocycles. The van der Waals surface area contributed by atoms with Crippen molar-refractivity contribution in [3.8, 4) is 0 Å². The van der Waals surface area contributed by atoms with Crippen LogP contribution in [0.5, 0.6) is 0 Å². The molecule has 0 aliphatic rings. The van der Waals surface area contributed by atoms with Crippen molar-refractivity contribution in [2.24, 2.45) is 5.84 Å². The molecular weight excluding hydrogens is 256 g/mol. The highest BCUT2D eigenvalue weighted by atomic mass is 15.2. The normalized spacial score (nSPS) is 13.2. The van der Waals surface area contributed by atoms with Crippen molar-refractivity contribution in [1.29, 1.82) is 0 Å². The van der Waals surface area contributed by atoms with Crippen molar-refractivity contribution in [2.75, 3.05) is 0 Å². The minimum Gasteiger partial charge on any atom is -0.271 e.